The lowest BCUT2D eigenvalue weighted by molar-refractivity contribution is 0.170. The van der Waals surface area contributed by atoms with Crippen LogP contribution in [0.2, 0.25) is 0 Å². The Morgan fingerprint density at radius 3 is 1.82 bits per heavy atom. The summed E-state index contributed by atoms with van der Waals surface area (Å²) in [7, 11) is 0. The highest BCUT2D eigenvalue weighted by Gasteiger charge is 2.06. The van der Waals surface area contributed by atoms with Gasteiger partial charge < -0.3 is 21.7 Å². The lowest BCUT2D eigenvalue weighted by atomic mass is 10.0. The van der Waals surface area contributed by atoms with Crippen LogP contribution in [0, 0.1) is 0 Å². The van der Waals surface area contributed by atoms with Crippen LogP contribution in [0.25, 0.3) is 0 Å². The Morgan fingerprint density at radius 2 is 1.24 bits per heavy atom. The van der Waals surface area contributed by atoms with Gasteiger partial charge >= 0.3 is 0 Å². The van der Waals surface area contributed by atoms with Gasteiger partial charge in [-0.1, -0.05) is 87.6 Å². The van der Waals surface area contributed by atoms with Crippen molar-refractivity contribution in [3.63, 3.8) is 0 Å². The monoisotopic (exact) mass is 470 g/mol. The Balaban J connectivity index is 0.000000342. The molecule has 2 rings (SSSR count). The lowest BCUT2D eigenvalue weighted by Crippen LogP contribution is -2.06. The third-order valence-corrected chi connectivity index (χ3v) is 6.13. The normalized spacial score (nSPS) is 11.7. The average molecular weight is 471 g/mol. The number of benzene rings is 2. The van der Waals surface area contributed by atoms with E-state index >= 15 is 0 Å². The SMILES string of the molecule is CCCCCCc1cccc(CCCN)c1.NCCC(O)c1cccc(CCCCCCO)c1. The third-order valence-electron chi connectivity index (χ3n) is 6.13. The molecule has 0 aliphatic rings. The molecule has 0 radical (unpaired) electrons. The van der Waals surface area contributed by atoms with Gasteiger partial charge in [-0.15, -0.1) is 0 Å². The van der Waals surface area contributed by atoms with E-state index in [1.807, 2.05) is 12.1 Å². The van der Waals surface area contributed by atoms with E-state index in [1.165, 1.54) is 48.8 Å². The summed E-state index contributed by atoms with van der Waals surface area (Å²) in [6.45, 7) is 3.85. The highest BCUT2D eigenvalue weighted by molar-refractivity contribution is 5.25. The molecule has 4 nitrogen and oxygen atoms in total. The molecule has 0 aliphatic heterocycles. The first-order chi connectivity index (χ1) is 16.6. The van der Waals surface area contributed by atoms with E-state index in [9.17, 15) is 5.11 Å². The molecule has 0 aromatic heterocycles. The predicted molar refractivity (Wildman–Crippen MR) is 146 cm³/mol. The van der Waals surface area contributed by atoms with Gasteiger partial charge in [0.2, 0.25) is 0 Å². The molecule has 0 heterocycles. The summed E-state index contributed by atoms with van der Waals surface area (Å²) in [6.07, 6.45) is 14.3. The summed E-state index contributed by atoms with van der Waals surface area (Å²) in [5, 5.41) is 18.6. The number of rotatable bonds is 17. The molecule has 0 saturated heterocycles. The van der Waals surface area contributed by atoms with Gasteiger partial charge in [0.1, 0.15) is 0 Å². The standard InChI is InChI=1S/C15H25NO2.C15H25N/c16-10-9-15(18)14-8-5-7-13(12-14)6-3-1-2-4-11-17;1-2-3-4-5-8-14-9-6-10-15(13-14)11-7-12-16/h5,7-8,12,15,17-18H,1-4,6,9-11,16H2;6,9-10,13H,2-5,7-8,11-12,16H2,1H3. The minimum atomic E-state index is -0.440. The minimum absolute atomic E-state index is 0.292. The largest absolute Gasteiger partial charge is 0.396 e. The summed E-state index contributed by atoms with van der Waals surface area (Å²) < 4.78 is 0. The summed E-state index contributed by atoms with van der Waals surface area (Å²) in [5.74, 6) is 0. The van der Waals surface area contributed by atoms with E-state index in [2.05, 4.69) is 43.3 Å². The highest BCUT2D eigenvalue weighted by Crippen LogP contribution is 2.18. The summed E-state index contributed by atoms with van der Waals surface area (Å²) >= 11 is 0. The van der Waals surface area contributed by atoms with Crippen LogP contribution >= 0.6 is 0 Å². The minimum Gasteiger partial charge on any atom is -0.396 e. The van der Waals surface area contributed by atoms with Gasteiger partial charge in [-0.3, -0.25) is 0 Å². The topological polar surface area (TPSA) is 92.5 Å². The van der Waals surface area contributed by atoms with Crippen molar-refractivity contribution in [3.8, 4) is 0 Å². The summed E-state index contributed by atoms with van der Waals surface area (Å²) in [5.41, 5.74) is 16.2. The molecule has 0 amide bonds. The number of hydrogen-bond acceptors (Lipinski definition) is 4. The average Bonchev–Trinajstić information content (AvgIpc) is 2.86. The van der Waals surface area contributed by atoms with Crippen molar-refractivity contribution < 1.29 is 10.2 Å². The molecular weight excluding hydrogens is 420 g/mol. The van der Waals surface area contributed by atoms with Crippen LogP contribution in [0.1, 0.15) is 99.5 Å². The highest BCUT2D eigenvalue weighted by atomic mass is 16.3. The molecule has 0 spiro atoms. The zero-order valence-electron chi connectivity index (χ0n) is 21.6. The van der Waals surface area contributed by atoms with Crippen LogP contribution in [0.5, 0.6) is 0 Å². The fourth-order valence-corrected chi connectivity index (χ4v) is 4.08. The number of nitrogens with two attached hydrogens (primary N) is 2. The quantitative estimate of drug-likeness (QED) is 0.218. The fraction of sp³-hybridized carbons (Fsp3) is 0.600. The molecule has 0 aliphatic carbocycles. The smallest absolute Gasteiger partial charge is 0.0802 e. The van der Waals surface area contributed by atoms with Crippen molar-refractivity contribution in [2.24, 2.45) is 11.5 Å². The van der Waals surface area contributed by atoms with E-state index in [1.54, 1.807) is 0 Å². The molecule has 6 N–H and O–H groups in total. The Morgan fingerprint density at radius 1 is 0.676 bits per heavy atom. The van der Waals surface area contributed by atoms with E-state index in [0.29, 0.717) is 19.6 Å². The van der Waals surface area contributed by atoms with Gasteiger partial charge in [0.15, 0.2) is 0 Å². The molecule has 34 heavy (non-hydrogen) atoms. The van der Waals surface area contributed by atoms with Crippen LogP contribution in [-0.4, -0.2) is 29.9 Å². The number of aliphatic hydroxyl groups excluding tert-OH is 2. The third kappa shape index (κ3) is 14.5. The summed E-state index contributed by atoms with van der Waals surface area (Å²) in [6, 6.07) is 17.1. The molecule has 2 aromatic carbocycles. The second-order valence-corrected chi connectivity index (χ2v) is 9.25. The van der Waals surface area contributed by atoms with E-state index in [4.69, 9.17) is 16.6 Å². The van der Waals surface area contributed by atoms with Gasteiger partial charge in [-0.25, -0.2) is 0 Å². The van der Waals surface area contributed by atoms with Crippen molar-refractivity contribution in [2.45, 2.75) is 96.5 Å². The molecule has 1 unspecified atom stereocenters. The number of unbranched alkanes of at least 4 members (excludes halogenated alkanes) is 6. The molecule has 192 valence electrons. The predicted octanol–water partition coefficient (Wildman–Crippen LogP) is 5.86. The Hall–Kier alpha value is -1.72. The van der Waals surface area contributed by atoms with Crippen LogP contribution in [0.3, 0.4) is 0 Å². The Kier molecular flexibility index (Phi) is 18.4. The van der Waals surface area contributed by atoms with Gasteiger partial charge in [0, 0.05) is 6.61 Å². The molecule has 1 atom stereocenters. The van der Waals surface area contributed by atoms with Gasteiger partial charge in [0.25, 0.3) is 0 Å². The van der Waals surface area contributed by atoms with Crippen molar-refractivity contribution in [1.29, 1.82) is 0 Å². The van der Waals surface area contributed by atoms with Crippen LogP contribution < -0.4 is 11.5 Å². The second kappa shape index (κ2) is 20.6. The Labute approximate surface area is 208 Å². The maximum atomic E-state index is 9.88. The van der Waals surface area contributed by atoms with E-state index < -0.39 is 6.10 Å². The number of aryl methyl sites for hydroxylation is 3. The zero-order valence-corrected chi connectivity index (χ0v) is 21.6. The zero-order chi connectivity index (χ0) is 24.9. The van der Waals surface area contributed by atoms with Crippen LogP contribution in [0.15, 0.2) is 48.5 Å². The van der Waals surface area contributed by atoms with Gasteiger partial charge in [-0.2, -0.15) is 0 Å². The van der Waals surface area contributed by atoms with Crippen LogP contribution in [-0.2, 0) is 19.3 Å². The van der Waals surface area contributed by atoms with Crippen LogP contribution in [0.4, 0.5) is 0 Å². The maximum absolute atomic E-state index is 9.88. The van der Waals surface area contributed by atoms with Crippen molar-refractivity contribution >= 4 is 0 Å². The van der Waals surface area contributed by atoms with E-state index in [-0.39, 0.29) is 0 Å². The lowest BCUT2D eigenvalue weighted by Gasteiger charge is -2.11. The molecule has 0 saturated carbocycles. The van der Waals surface area contributed by atoms with Crippen molar-refractivity contribution in [2.75, 3.05) is 19.7 Å². The van der Waals surface area contributed by atoms with Gasteiger partial charge in [0.05, 0.1) is 6.10 Å². The Bertz CT molecular complexity index is 735. The first kappa shape index (κ1) is 30.3. The van der Waals surface area contributed by atoms with Gasteiger partial charge in [-0.05, 0) is 86.7 Å². The number of aliphatic hydroxyl groups is 2. The first-order valence-electron chi connectivity index (χ1n) is 13.5. The molecule has 0 bridgehead atoms. The van der Waals surface area contributed by atoms with E-state index in [0.717, 1.165) is 57.1 Å². The molecule has 4 heteroatoms. The van der Waals surface area contributed by atoms with Crippen molar-refractivity contribution in [1.82, 2.24) is 0 Å². The fourth-order valence-electron chi connectivity index (χ4n) is 4.08. The maximum Gasteiger partial charge on any atom is 0.0802 e. The molecule has 0 fully saturated rings. The summed E-state index contributed by atoms with van der Waals surface area (Å²) in [4.78, 5) is 0. The first-order valence-corrected chi connectivity index (χ1v) is 13.5. The number of hydrogen-bond donors (Lipinski definition) is 4. The van der Waals surface area contributed by atoms with Crippen molar-refractivity contribution in [3.05, 3.63) is 70.8 Å². The second-order valence-electron chi connectivity index (χ2n) is 9.25. The molecule has 2 aromatic rings. The molecular formula is C30H50N2O2.